The number of rotatable bonds is 7. The van der Waals surface area contributed by atoms with Crippen molar-refractivity contribution >= 4 is 15.7 Å². The minimum Gasteiger partial charge on any atom is -0.491 e. The van der Waals surface area contributed by atoms with Gasteiger partial charge in [0, 0.05) is 0 Å². The molecule has 0 aliphatic carbocycles. The van der Waals surface area contributed by atoms with Crippen LogP contribution in [0.25, 0.3) is 0 Å². The zero-order valence-corrected chi connectivity index (χ0v) is 12.0. The average molecular weight is 271 g/mol. The zero-order valence-electron chi connectivity index (χ0n) is 11.1. The Bertz CT molecular complexity index is 469. The van der Waals surface area contributed by atoms with Crippen LogP contribution in [0.4, 0.5) is 5.69 Å². The fourth-order valence-electron chi connectivity index (χ4n) is 1.42. The first kappa shape index (κ1) is 14.8. The van der Waals surface area contributed by atoms with Crippen LogP contribution in [0.5, 0.6) is 5.75 Å². The Hall–Kier alpha value is -1.23. The molecule has 0 saturated carbocycles. The molecule has 0 radical (unpaired) electrons. The van der Waals surface area contributed by atoms with Gasteiger partial charge in [0.2, 0.25) is 10.0 Å². The van der Waals surface area contributed by atoms with Gasteiger partial charge in [-0.2, -0.15) is 0 Å². The number of sulfonamides is 1. The molecule has 102 valence electrons. The van der Waals surface area contributed by atoms with Gasteiger partial charge in [0.05, 0.1) is 18.0 Å². The lowest BCUT2D eigenvalue weighted by Gasteiger charge is -2.14. The second-order valence-electron chi connectivity index (χ2n) is 4.62. The van der Waals surface area contributed by atoms with E-state index in [1.165, 1.54) is 0 Å². The van der Waals surface area contributed by atoms with E-state index in [1.807, 2.05) is 26.8 Å². The third-order valence-corrected chi connectivity index (χ3v) is 3.67. The van der Waals surface area contributed by atoms with Gasteiger partial charge < -0.3 is 4.74 Å². The Morgan fingerprint density at radius 1 is 1.28 bits per heavy atom. The molecule has 5 heteroatoms. The maximum Gasteiger partial charge on any atom is 0.232 e. The van der Waals surface area contributed by atoms with Gasteiger partial charge in [-0.15, -0.1) is 0 Å². The van der Waals surface area contributed by atoms with Gasteiger partial charge >= 0.3 is 0 Å². The van der Waals surface area contributed by atoms with E-state index in [0.29, 0.717) is 30.4 Å². The minimum atomic E-state index is -3.28. The van der Waals surface area contributed by atoms with Gasteiger partial charge in [0.1, 0.15) is 5.75 Å². The second-order valence-corrected chi connectivity index (χ2v) is 6.46. The lowest BCUT2D eigenvalue weighted by atomic mass is 10.2. The molecule has 1 aromatic carbocycles. The van der Waals surface area contributed by atoms with Crippen LogP contribution in [-0.4, -0.2) is 20.8 Å². The van der Waals surface area contributed by atoms with Gasteiger partial charge in [0.25, 0.3) is 0 Å². The molecule has 1 N–H and O–H groups in total. The standard InChI is InChI=1S/C13H21NO3S/c1-4-9-18(15,16)14-12-7-5-6-8-13(12)17-10-11(2)3/h5-8,11,14H,4,9-10H2,1-3H3. The summed E-state index contributed by atoms with van der Waals surface area (Å²) in [5.74, 6) is 1.09. The summed E-state index contributed by atoms with van der Waals surface area (Å²) in [4.78, 5) is 0. The lowest BCUT2D eigenvalue weighted by molar-refractivity contribution is 0.272. The van der Waals surface area contributed by atoms with E-state index in [9.17, 15) is 8.42 Å². The molecule has 1 aromatic rings. The predicted molar refractivity (Wildman–Crippen MR) is 74.5 cm³/mol. The molecule has 0 saturated heterocycles. The molecule has 0 atom stereocenters. The topological polar surface area (TPSA) is 55.4 Å². The molecule has 0 aliphatic heterocycles. The van der Waals surface area contributed by atoms with Gasteiger partial charge in [-0.3, -0.25) is 4.72 Å². The Morgan fingerprint density at radius 3 is 2.56 bits per heavy atom. The highest BCUT2D eigenvalue weighted by atomic mass is 32.2. The molecule has 4 nitrogen and oxygen atoms in total. The first-order valence-electron chi connectivity index (χ1n) is 6.17. The fraction of sp³-hybridized carbons (Fsp3) is 0.538. The van der Waals surface area contributed by atoms with Crippen LogP contribution >= 0.6 is 0 Å². The van der Waals surface area contributed by atoms with Crippen LogP contribution in [0.2, 0.25) is 0 Å². The number of anilines is 1. The van der Waals surface area contributed by atoms with Crippen molar-refractivity contribution in [3.05, 3.63) is 24.3 Å². The van der Waals surface area contributed by atoms with Crippen molar-refractivity contribution in [1.82, 2.24) is 0 Å². The summed E-state index contributed by atoms with van der Waals surface area (Å²) < 4.78 is 31.6. The normalized spacial score (nSPS) is 11.6. The molecule has 0 spiro atoms. The smallest absolute Gasteiger partial charge is 0.232 e. The molecule has 0 aromatic heterocycles. The van der Waals surface area contributed by atoms with Crippen molar-refractivity contribution in [2.24, 2.45) is 5.92 Å². The fourth-order valence-corrected chi connectivity index (χ4v) is 2.56. The largest absolute Gasteiger partial charge is 0.491 e. The molecule has 0 heterocycles. The summed E-state index contributed by atoms with van der Waals surface area (Å²) in [5, 5.41) is 0. The molecular formula is C13H21NO3S. The highest BCUT2D eigenvalue weighted by molar-refractivity contribution is 7.92. The van der Waals surface area contributed by atoms with Crippen molar-refractivity contribution in [3.63, 3.8) is 0 Å². The Kier molecular flexibility index (Phi) is 5.47. The monoisotopic (exact) mass is 271 g/mol. The van der Waals surface area contributed by atoms with Crippen LogP contribution in [0.15, 0.2) is 24.3 Å². The van der Waals surface area contributed by atoms with Gasteiger partial charge in [-0.05, 0) is 24.5 Å². The van der Waals surface area contributed by atoms with Crippen LogP contribution in [0.3, 0.4) is 0 Å². The van der Waals surface area contributed by atoms with E-state index in [-0.39, 0.29) is 5.75 Å². The Balaban J connectivity index is 2.82. The molecule has 0 unspecified atom stereocenters. The number of hydrogen-bond donors (Lipinski definition) is 1. The molecule has 0 amide bonds. The Labute approximate surface area is 109 Å². The summed E-state index contributed by atoms with van der Waals surface area (Å²) in [6, 6.07) is 7.09. The molecule has 0 aliphatic rings. The van der Waals surface area contributed by atoms with Crippen molar-refractivity contribution < 1.29 is 13.2 Å². The van der Waals surface area contributed by atoms with E-state index < -0.39 is 10.0 Å². The third kappa shape index (κ3) is 4.96. The first-order valence-corrected chi connectivity index (χ1v) is 7.82. The number of ether oxygens (including phenoxy) is 1. The average Bonchev–Trinajstić information content (AvgIpc) is 2.27. The third-order valence-electron chi connectivity index (χ3n) is 2.20. The van der Waals surface area contributed by atoms with E-state index in [4.69, 9.17) is 4.74 Å². The van der Waals surface area contributed by atoms with Crippen LogP contribution < -0.4 is 9.46 Å². The summed E-state index contributed by atoms with van der Waals surface area (Å²) in [6.45, 7) is 6.49. The van der Waals surface area contributed by atoms with Crippen molar-refractivity contribution in [3.8, 4) is 5.75 Å². The summed E-state index contributed by atoms with van der Waals surface area (Å²) in [7, 11) is -3.28. The predicted octanol–water partition coefficient (Wildman–Crippen LogP) is 2.87. The number of hydrogen-bond acceptors (Lipinski definition) is 3. The maximum absolute atomic E-state index is 11.7. The maximum atomic E-state index is 11.7. The highest BCUT2D eigenvalue weighted by Crippen LogP contribution is 2.25. The van der Waals surface area contributed by atoms with E-state index in [0.717, 1.165) is 0 Å². The molecule has 1 rings (SSSR count). The SMILES string of the molecule is CCCS(=O)(=O)Nc1ccccc1OCC(C)C. The number of nitrogens with one attached hydrogen (secondary N) is 1. The number of benzene rings is 1. The van der Waals surface area contributed by atoms with E-state index >= 15 is 0 Å². The van der Waals surface area contributed by atoms with Crippen molar-refractivity contribution in [2.75, 3.05) is 17.1 Å². The summed E-state index contributed by atoms with van der Waals surface area (Å²) in [5.41, 5.74) is 0.506. The van der Waals surface area contributed by atoms with E-state index in [2.05, 4.69) is 4.72 Å². The highest BCUT2D eigenvalue weighted by Gasteiger charge is 2.12. The van der Waals surface area contributed by atoms with Crippen molar-refractivity contribution in [2.45, 2.75) is 27.2 Å². The first-order chi connectivity index (χ1) is 8.44. The van der Waals surface area contributed by atoms with Crippen molar-refractivity contribution in [1.29, 1.82) is 0 Å². The van der Waals surface area contributed by atoms with Crippen LogP contribution in [-0.2, 0) is 10.0 Å². The van der Waals surface area contributed by atoms with Gasteiger partial charge in [-0.1, -0.05) is 32.9 Å². The van der Waals surface area contributed by atoms with E-state index in [1.54, 1.807) is 18.2 Å². The second kappa shape index (κ2) is 6.64. The van der Waals surface area contributed by atoms with Crippen LogP contribution in [0.1, 0.15) is 27.2 Å². The molecule has 0 fully saturated rings. The Morgan fingerprint density at radius 2 is 1.94 bits per heavy atom. The van der Waals surface area contributed by atoms with Gasteiger partial charge in [0.15, 0.2) is 0 Å². The minimum absolute atomic E-state index is 0.117. The van der Waals surface area contributed by atoms with Gasteiger partial charge in [-0.25, -0.2) is 8.42 Å². The number of para-hydroxylation sites is 2. The zero-order chi connectivity index (χ0) is 13.6. The molecule has 0 bridgehead atoms. The lowest BCUT2D eigenvalue weighted by Crippen LogP contribution is -2.17. The summed E-state index contributed by atoms with van der Waals surface area (Å²) in [6.07, 6.45) is 0.588. The molecular weight excluding hydrogens is 250 g/mol. The molecule has 18 heavy (non-hydrogen) atoms. The van der Waals surface area contributed by atoms with Crippen LogP contribution in [0, 0.1) is 5.92 Å². The summed E-state index contributed by atoms with van der Waals surface area (Å²) >= 11 is 0. The quantitative estimate of drug-likeness (QED) is 0.829.